The highest BCUT2D eigenvalue weighted by Gasteiger charge is 2.31. The number of carbonyl (C=O) groups is 1. The van der Waals surface area contributed by atoms with Gasteiger partial charge in [0.15, 0.2) is 0 Å². The van der Waals surface area contributed by atoms with E-state index in [0.717, 1.165) is 28.4 Å². The van der Waals surface area contributed by atoms with Gasteiger partial charge in [-0.25, -0.2) is 4.68 Å². The first-order valence-corrected chi connectivity index (χ1v) is 7.84. The smallest absolute Gasteiger partial charge is 0.226 e. The lowest BCUT2D eigenvalue weighted by Crippen LogP contribution is -2.24. The number of hydrogen-bond acceptors (Lipinski definition) is 3. The predicted octanol–water partition coefficient (Wildman–Crippen LogP) is 3.36. The van der Waals surface area contributed by atoms with Crippen molar-refractivity contribution in [2.75, 3.05) is 12.4 Å². The zero-order valence-electron chi connectivity index (χ0n) is 13.3. The molecule has 0 unspecified atom stereocenters. The SMILES string of the molecule is COc1ccccc1[C@@H]1CC(=O)Nc2c1cnn2-c1ccccc1. The maximum absolute atomic E-state index is 12.3. The van der Waals surface area contributed by atoms with Gasteiger partial charge in [0.2, 0.25) is 5.91 Å². The van der Waals surface area contributed by atoms with Crippen molar-refractivity contribution in [1.82, 2.24) is 9.78 Å². The number of carbonyl (C=O) groups excluding carboxylic acids is 1. The van der Waals surface area contributed by atoms with Gasteiger partial charge in [-0.2, -0.15) is 5.10 Å². The highest BCUT2D eigenvalue weighted by atomic mass is 16.5. The Bertz CT molecular complexity index is 887. The average Bonchev–Trinajstić information content (AvgIpc) is 3.05. The number of nitrogens with zero attached hydrogens (tertiary/aromatic N) is 2. The van der Waals surface area contributed by atoms with Crippen LogP contribution >= 0.6 is 0 Å². The summed E-state index contributed by atoms with van der Waals surface area (Å²) in [6, 6.07) is 17.6. The van der Waals surface area contributed by atoms with E-state index in [-0.39, 0.29) is 11.8 Å². The van der Waals surface area contributed by atoms with E-state index in [1.54, 1.807) is 11.8 Å². The summed E-state index contributed by atoms with van der Waals surface area (Å²) in [5.74, 6) is 1.43. The second-order valence-electron chi connectivity index (χ2n) is 5.74. The molecular formula is C19H17N3O2. The summed E-state index contributed by atoms with van der Waals surface area (Å²) in [6.07, 6.45) is 2.22. The van der Waals surface area contributed by atoms with Crippen LogP contribution in [0.3, 0.4) is 0 Å². The first-order valence-electron chi connectivity index (χ1n) is 7.84. The molecule has 1 amide bonds. The van der Waals surface area contributed by atoms with Crippen LogP contribution in [0.2, 0.25) is 0 Å². The van der Waals surface area contributed by atoms with Gasteiger partial charge in [-0.1, -0.05) is 36.4 Å². The molecule has 5 heteroatoms. The maximum atomic E-state index is 12.3. The Kier molecular flexibility index (Phi) is 3.54. The topological polar surface area (TPSA) is 56.1 Å². The van der Waals surface area contributed by atoms with E-state index in [9.17, 15) is 4.79 Å². The van der Waals surface area contributed by atoms with Crippen molar-refractivity contribution in [3.05, 3.63) is 71.9 Å². The number of benzene rings is 2. The van der Waals surface area contributed by atoms with Crippen LogP contribution in [0.4, 0.5) is 5.82 Å². The van der Waals surface area contributed by atoms with Gasteiger partial charge in [-0.15, -0.1) is 0 Å². The fourth-order valence-corrected chi connectivity index (χ4v) is 3.22. The summed E-state index contributed by atoms with van der Waals surface area (Å²) in [6.45, 7) is 0. The first kappa shape index (κ1) is 14.5. The van der Waals surface area contributed by atoms with Crippen molar-refractivity contribution in [3.63, 3.8) is 0 Å². The zero-order chi connectivity index (χ0) is 16.5. The average molecular weight is 319 g/mol. The molecule has 2 aromatic carbocycles. The molecule has 4 rings (SSSR count). The van der Waals surface area contributed by atoms with Gasteiger partial charge in [-0.05, 0) is 18.2 Å². The van der Waals surface area contributed by atoms with Crippen LogP contribution < -0.4 is 10.1 Å². The minimum atomic E-state index is -0.0673. The highest BCUT2D eigenvalue weighted by molar-refractivity contribution is 5.94. The van der Waals surface area contributed by atoms with Crippen molar-refractivity contribution in [1.29, 1.82) is 0 Å². The molecule has 1 aliphatic heterocycles. The first-order chi connectivity index (χ1) is 11.8. The predicted molar refractivity (Wildman–Crippen MR) is 91.6 cm³/mol. The molecule has 0 bridgehead atoms. The number of anilines is 1. The maximum Gasteiger partial charge on any atom is 0.226 e. The number of amides is 1. The molecule has 24 heavy (non-hydrogen) atoms. The number of aromatic nitrogens is 2. The minimum Gasteiger partial charge on any atom is -0.496 e. The lowest BCUT2D eigenvalue weighted by atomic mass is 9.87. The van der Waals surface area contributed by atoms with Gasteiger partial charge in [0.1, 0.15) is 11.6 Å². The van der Waals surface area contributed by atoms with Crippen LogP contribution in [-0.2, 0) is 4.79 Å². The van der Waals surface area contributed by atoms with Crippen LogP contribution in [0.25, 0.3) is 5.69 Å². The molecule has 120 valence electrons. The molecule has 1 atom stereocenters. The Balaban J connectivity index is 1.84. The third-order valence-corrected chi connectivity index (χ3v) is 4.34. The third-order valence-electron chi connectivity index (χ3n) is 4.34. The zero-order valence-corrected chi connectivity index (χ0v) is 13.3. The third kappa shape index (κ3) is 2.34. The fourth-order valence-electron chi connectivity index (χ4n) is 3.22. The van der Waals surface area contributed by atoms with Gasteiger partial charge >= 0.3 is 0 Å². The molecule has 0 aliphatic carbocycles. The molecule has 2 heterocycles. The molecule has 0 saturated heterocycles. The van der Waals surface area contributed by atoms with Crippen molar-refractivity contribution in [2.45, 2.75) is 12.3 Å². The highest BCUT2D eigenvalue weighted by Crippen LogP contribution is 2.41. The summed E-state index contributed by atoms with van der Waals surface area (Å²) in [5, 5.41) is 7.46. The van der Waals surface area contributed by atoms with E-state index >= 15 is 0 Å². The second-order valence-corrected chi connectivity index (χ2v) is 5.74. The van der Waals surface area contributed by atoms with E-state index < -0.39 is 0 Å². The Morgan fingerprint density at radius 2 is 1.83 bits per heavy atom. The molecule has 5 nitrogen and oxygen atoms in total. The molecule has 1 aromatic heterocycles. The summed E-state index contributed by atoms with van der Waals surface area (Å²) in [7, 11) is 1.65. The number of para-hydroxylation sites is 2. The molecule has 0 spiro atoms. The number of rotatable bonds is 3. The molecular weight excluding hydrogens is 302 g/mol. The minimum absolute atomic E-state index is 0.0175. The normalized spacial score (nSPS) is 16.4. The summed E-state index contributed by atoms with van der Waals surface area (Å²) >= 11 is 0. The molecule has 1 aliphatic rings. The van der Waals surface area contributed by atoms with Gasteiger partial charge in [0.05, 0.1) is 19.0 Å². The number of ether oxygens (including phenoxy) is 1. The van der Waals surface area contributed by atoms with Gasteiger partial charge < -0.3 is 10.1 Å². The van der Waals surface area contributed by atoms with Crippen LogP contribution in [0, 0.1) is 0 Å². The fraction of sp³-hybridized carbons (Fsp3) is 0.158. The Labute approximate surface area is 139 Å². The standard InChI is InChI=1S/C19H17N3O2/c1-24-17-10-6-5-9-14(17)15-11-18(23)21-19-16(15)12-20-22(19)13-7-3-2-4-8-13/h2-10,12,15H,11H2,1H3,(H,21,23)/t15-/m0/s1. The van der Waals surface area contributed by atoms with Crippen LogP contribution in [0.1, 0.15) is 23.5 Å². The number of methoxy groups -OCH3 is 1. The Morgan fingerprint density at radius 1 is 1.08 bits per heavy atom. The van der Waals surface area contributed by atoms with Crippen LogP contribution in [-0.4, -0.2) is 22.8 Å². The number of nitrogens with one attached hydrogen (secondary N) is 1. The Hall–Kier alpha value is -3.08. The Morgan fingerprint density at radius 3 is 2.62 bits per heavy atom. The van der Waals surface area contributed by atoms with E-state index in [2.05, 4.69) is 10.4 Å². The van der Waals surface area contributed by atoms with Crippen molar-refractivity contribution < 1.29 is 9.53 Å². The molecule has 0 radical (unpaired) electrons. The van der Waals surface area contributed by atoms with Gasteiger partial charge in [-0.3, -0.25) is 4.79 Å². The summed E-state index contributed by atoms with van der Waals surface area (Å²) in [4.78, 5) is 12.3. The largest absolute Gasteiger partial charge is 0.496 e. The van der Waals surface area contributed by atoms with E-state index in [1.165, 1.54) is 0 Å². The van der Waals surface area contributed by atoms with Crippen molar-refractivity contribution >= 4 is 11.7 Å². The van der Waals surface area contributed by atoms with E-state index in [1.807, 2.05) is 60.8 Å². The lowest BCUT2D eigenvalue weighted by Gasteiger charge is -2.25. The number of fused-ring (bicyclic) bond motifs is 1. The van der Waals surface area contributed by atoms with Crippen molar-refractivity contribution in [3.8, 4) is 11.4 Å². The van der Waals surface area contributed by atoms with E-state index in [4.69, 9.17) is 4.74 Å². The number of hydrogen-bond donors (Lipinski definition) is 1. The quantitative estimate of drug-likeness (QED) is 0.805. The van der Waals surface area contributed by atoms with Crippen LogP contribution in [0.15, 0.2) is 60.8 Å². The molecule has 3 aromatic rings. The van der Waals surface area contributed by atoms with Gasteiger partial charge in [0.25, 0.3) is 0 Å². The summed E-state index contributed by atoms with van der Waals surface area (Å²) < 4.78 is 7.25. The molecule has 0 saturated carbocycles. The summed E-state index contributed by atoms with van der Waals surface area (Å²) in [5.41, 5.74) is 2.92. The van der Waals surface area contributed by atoms with Crippen molar-refractivity contribution in [2.24, 2.45) is 0 Å². The van der Waals surface area contributed by atoms with Crippen LogP contribution in [0.5, 0.6) is 5.75 Å². The van der Waals surface area contributed by atoms with E-state index in [0.29, 0.717) is 6.42 Å². The molecule has 0 fully saturated rings. The lowest BCUT2D eigenvalue weighted by molar-refractivity contribution is -0.116. The monoisotopic (exact) mass is 319 g/mol. The second kappa shape index (κ2) is 5.85. The molecule has 1 N–H and O–H groups in total. The van der Waals surface area contributed by atoms with Gasteiger partial charge in [0, 0.05) is 23.5 Å².